The van der Waals surface area contributed by atoms with E-state index in [9.17, 15) is 27.9 Å². The fraction of sp³-hybridized carbons (Fsp3) is 0.636. The van der Waals surface area contributed by atoms with Crippen molar-refractivity contribution in [1.29, 1.82) is 0 Å². The van der Waals surface area contributed by atoms with Crippen LogP contribution in [-0.4, -0.2) is 80.0 Å². The van der Waals surface area contributed by atoms with Crippen LogP contribution in [0.4, 0.5) is 24.5 Å². The van der Waals surface area contributed by atoms with Crippen LogP contribution in [0.15, 0.2) is 18.2 Å². The van der Waals surface area contributed by atoms with Crippen LogP contribution in [0.3, 0.4) is 0 Å². The monoisotopic (exact) mass is 457 g/mol. The number of aromatic carboxylic acids is 1. The van der Waals surface area contributed by atoms with E-state index < -0.39 is 24.1 Å². The molecule has 10 heteroatoms. The number of carboxylic acids is 1. The lowest BCUT2D eigenvalue weighted by molar-refractivity contribution is -0.171. The Balaban J connectivity index is 1.97. The molecule has 0 spiro atoms. The molecular formula is C22H30F3N3O4. The Hall–Kier alpha value is -2.33. The smallest absolute Gasteiger partial charge is 0.471 e. The number of hydrogen-bond acceptors (Lipinski definition) is 5. The lowest BCUT2D eigenvalue weighted by Gasteiger charge is -2.36. The van der Waals surface area contributed by atoms with Gasteiger partial charge in [0.1, 0.15) is 0 Å². The largest absolute Gasteiger partial charge is 0.478 e. The molecule has 1 N–H and O–H groups in total. The number of halogens is 3. The second-order valence-corrected chi connectivity index (χ2v) is 8.15. The van der Waals surface area contributed by atoms with E-state index >= 15 is 0 Å². The van der Waals surface area contributed by atoms with Gasteiger partial charge in [0.2, 0.25) is 0 Å². The molecule has 2 fully saturated rings. The van der Waals surface area contributed by atoms with Gasteiger partial charge < -0.3 is 24.5 Å². The van der Waals surface area contributed by atoms with Gasteiger partial charge in [-0.05, 0) is 63.9 Å². The van der Waals surface area contributed by atoms with E-state index in [4.69, 9.17) is 4.74 Å². The van der Waals surface area contributed by atoms with E-state index in [0.717, 1.165) is 32.5 Å². The molecule has 1 aromatic carbocycles. The molecule has 0 radical (unpaired) electrons. The van der Waals surface area contributed by atoms with Crippen molar-refractivity contribution >= 4 is 23.3 Å². The number of carboxylic acid groups (broad SMARTS) is 1. The number of likely N-dealkylation sites (N-methyl/N-ethyl adjacent to an activating group) is 1. The molecule has 1 amide bonds. The highest BCUT2D eigenvalue weighted by Crippen LogP contribution is 2.34. The summed E-state index contributed by atoms with van der Waals surface area (Å²) in [6.45, 7) is 6.49. The van der Waals surface area contributed by atoms with Crippen LogP contribution in [0.5, 0.6) is 0 Å². The van der Waals surface area contributed by atoms with Crippen LogP contribution in [0.1, 0.15) is 43.0 Å². The Morgan fingerprint density at radius 1 is 1.19 bits per heavy atom. The molecule has 0 bridgehead atoms. The van der Waals surface area contributed by atoms with Crippen molar-refractivity contribution < 1.29 is 32.6 Å². The molecular weight excluding hydrogens is 427 g/mol. The number of benzene rings is 1. The van der Waals surface area contributed by atoms with Crippen molar-refractivity contribution in [3.63, 3.8) is 0 Å². The van der Waals surface area contributed by atoms with E-state index in [2.05, 4.69) is 4.90 Å². The van der Waals surface area contributed by atoms with Gasteiger partial charge in [-0.15, -0.1) is 0 Å². The lowest BCUT2D eigenvalue weighted by atomic mass is 10.0. The van der Waals surface area contributed by atoms with Crippen molar-refractivity contribution in [3.05, 3.63) is 23.8 Å². The van der Waals surface area contributed by atoms with Crippen LogP contribution < -0.4 is 9.80 Å². The van der Waals surface area contributed by atoms with E-state index in [-0.39, 0.29) is 37.3 Å². The Bertz CT molecular complexity index is 806. The Morgan fingerprint density at radius 2 is 1.84 bits per heavy atom. The SMILES string of the molecule is CCN(CCN1CCCC1)c1ccc(C(=O)O)c(N(C(=O)C(F)(F)F)C2CCOCC2)c1. The van der Waals surface area contributed by atoms with Crippen LogP contribution >= 0.6 is 0 Å². The maximum absolute atomic E-state index is 13.5. The van der Waals surface area contributed by atoms with Gasteiger partial charge in [-0.2, -0.15) is 13.2 Å². The fourth-order valence-electron chi connectivity index (χ4n) is 4.39. The van der Waals surface area contributed by atoms with Gasteiger partial charge in [-0.1, -0.05) is 0 Å². The van der Waals surface area contributed by atoms with Crippen molar-refractivity contribution in [2.75, 3.05) is 55.7 Å². The third-order valence-corrected chi connectivity index (χ3v) is 6.12. The summed E-state index contributed by atoms with van der Waals surface area (Å²) >= 11 is 0. The fourth-order valence-corrected chi connectivity index (χ4v) is 4.39. The van der Waals surface area contributed by atoms with Crippen molar-refractivity contribution in [2.24, 2.45) is 0 Å². The second kappa shape index (κ2) is 10.5. The number of rotatable bonds is 8. The number of carbonyl (C=O) groups excluding carboxylic acids is 1. The molecule has 178 valence electrons. The van der Waals surface area contributed by atoms with Gasteiger partial charge in [0.25, 0.3) is 0 Å². The van der Waals surface area contributed by atoms with Gasteiger partial charge in [0, 0.05) is 44.6 Å². The molecule has 1 aromatic rings. The molecule has 2 aliphatic rings. The third kappa shape index (κ3) is 5.72. The first kappa shape index (κ1) is 24.3. The number of likely N-dealkylation sites (tertiary alicyclic amines) is 1. The van der Waals surface area contributed by atoms with Crippen molar-refractivity contribution in [3.8, 4) is 0 Å². The summed E-state index contributed by atoms with van der Waals surface area (Å²) in [5, 5.41) is 9.67. The number of carbonyl (C=O) groups is 2. The first-order valence-electron chi connectivity index (χ1n) is 11.0. The third-order valence-electron chi connectivity index (χ3n) is 6.12. The number of amides is 1. The number of anilines is 2. The summed E-state index contributed by atoms with van der Waals surface area (Å²) in [7, 11) is 0. The summed E-state index contributed by atoms with van der Waals surface area (Å²) in [5.74, 6) is -3.43. The first-order chi connectivity index (χ1) is 15.2. The standard InChI is InChI=1S/C22H30F3N3O4/c1-2-27(12-11-26-9-3-4-10-26)17-5-6-18(20(29)30)19(15-17)28(21(31)22(23,24)25)16-7-13-32-14-8-16/h5-6,15-16H,2-4,7-14H2,1H3,(H,29,30). The second-order valence-electron chi connectivity index (χ2n) is 8.15. The maximum Gasteiger partial charge on any atom is 0.471 e. The number of ether oxygens (including phenoxy) is 1. The van der Waals surface area contributed by atoms with Crippen LogP contribution in [0.25, 0.3) is 0 Å². The average molecular weight is 457 g/mol. The molecule has 0 saturated carbocycles. The quantitative estimate of drug-likeness (QED) is 0.645. The highest BCUT2D eigenvalue weighted by atomic mass is 19.4. The summed E-state index contributed by atoms with van der Waals surface area (Å²) in [5.41, 5.74) is 0.0519. The number of alkyl halides is 3. The molecule has 0 aliphatic carbocycles. The molecule has 2 heterocycles. The predicted molar refractivity (Wildman–Crippen MR) is 114 cm³/mol. The summed E-state index contributed by atoms with van der Waals surface area (Å²) < 4.78 is 45.8. The molecule has 0 aromatic heterocycles. The van der Waals surface area contributed by atoms with Gasteiger partial charge in [0.05, 0.1) is 11.3 Å². The van der Waals surface area contributed by atoms with Crippen molar-refractivity contribution in [1.82, 2.24) is 4.90 Å². The minimum atomic E-state index is -5.12. The molecule has 3 rings (SSSR count). The topological polar surface area (TPSA) is 73.3 Å². The van der Waals surface area contributed by atoms with Crippen LogP contribution in [-0.2, 0) is 9.53 Å². The van der Waals surface area contributed by atoms with Crippen LogP contribution in [0, 0.1) is 0 Å². The highest BCUT2D eigenvalue weighted by Gasteiger charge is 2.46. The van der Waals surface area contributed by atoms with E-state index in [1.807, 2.05) is 11.8 Å². The van der Waals surface area contributed by atoms with E-state index in [0.29, 0.717) is 23.7 Å². The Kier molecular flexibility index (Phi) is 8.00. The van der Waals surface area contributed by atoms with Gasteiger partial charge in [0.15, 0.2) is 0 Å². The van der Waals surface area contributed by atoms with E-state index in [1.54, 1.807) is 6.07 Å². The molecule has 2 aliphatic heterocycles. The zero-order chi connectivity index (χ0) is 23.3. The highest BCUT2D eigenvalue weighted by molar-refractivity contribution is 6.05. The van der Waals surface area contributed by atoms with Crippen molar-refractivity contribution in [2.45, 2.75) is 44.8 Å². The summed E-state index contributed by atoms with van der Waals surface area (Å²) in [4.78, 5) is 29.3. The Labute approximate surface area is 185 Å². The normalized spacial score (nSPS) is 18.0. The van der Waals surface area contributed by atoms with Gasteiger partial charge in [-0.3, -0.25) is 4.79 Å². The van der Waals surface area contributed by atoms with Crippen LogP contribution in [0.2, 0.25) is 0 Å². The minimum absolute atomic E-state index is 0.206. The summed E-state index contributed by atoms with van der Waals surface area (Å²) in [6.07, 6.45) is -2.40. The first-order valence-corrected chi connectivity index (χ1v) is 11.0. The zero-order valence-electron chi connectivity index (χ0n) is 18.2. The maximum atomic E-state index is 13.5. The Morgan fingerprint density at radius 3 is 2.41 bits per heavy atom. The zero-order valence-corrected chi connectivity index (χ0v) is 18.2. The minimum Gasteiger partial charge on any atom is -0.478 e. The molecule has 0 unspecified atom stereocenters. The summed E-state index contributed by atoms with van der Waals surface area (Å²) in [6, 6.07) is 3.52. The molecule has 7 nitrogen and oxygen atoms in total. The lowest BCUT2D eigenvalue weighted by Crippen LogP contribution is -2.50. The molecule has 32 heavy (non-hydrogen) atoms. The number of nitrogens with zero attached hydrogens (tertiary/aromatic N) is 3. The number of hydrogen-bond donors (Lipinski definition) is 1. The molecule has 0 atom stereocenters. The van der Waals surface area contributed by atoms with Gasteiger partial charge >= 0.3 is 18.1 Å². The van der Waals surface area contributed by atoms with E-state index in [1.165, 1.54) is 12.1 Å². The predicted octanol–water partition coefficient (Wildman–Crippen LogP) is 3.38. The molecule has 2 saturated heterocycles. The average Bonchev–Trinajstić information content (AvgIpc) is 3.28. The van der Waals surface area contributed by atoms with Gasteiger partial charge in [-0.25, -0.2) is 4.79 Å².